The van der Waals surface area contributed by atoms with Crippen LogP contribution >= 0.6 is 0 Å². The van der Waals surface area contributed by atoms with E-state index in [4.69, 9.17) is 4.42 Å². The van der Waals surface area contributed by atoms with Crippen LogP contribution in [0.3, 0.4) is 0 Å². The Morgan fingerprint density at radius 3 is 2.91 bits per heavy atom. The Bertz CT molecular complexity index is 670. The van der Waals surface area contributed by atoms with E-state index in [1.165, 1.54) is 0 Å². The highest BCUT2D eigenvalue weighted by Crippen LogP contribution is 2.17. The number of aryl methyl sites for hydroxylation is 2. The van der Waals surface area contributed by atoms with Gasteiger partial charge in [-0.2, -0.15) is 0 Å². The first-order chi connectivity index (χ1) is 11.2. The third-order valence-electron chi connectivity index (χ3n) is 3.94. The fourth-order valence-corrected chi connectivity index (χ4v) is 2.80. The summed E-state index contributed by atoms with van der Waals surface area (Å²) in [5.74, 6) is 1.41. The van der Waals surface area contributed by atoms with Crippen LogP contribution in [0.4, 0.5) is 5.95 Å². The second-order valence-corrected chi connectivity index (χ2v) is 5.68. The molecule has 1 atom stereocenters. The van der Waals surface area contributed by atoms with E-state index < -0.39 is 0 Å². The lowest BCUT2D eigenvalue weighted by atomic mass is 10.1. The molecule has 3 heterocycles. The molecule has 122 valence electrons. The first-order valence-electron chi connectivity index (χ1n) is 7.96. The van der Waals surface area contributed by atoms with Gasteiger partial charge in [0.05, 0.1) is 5.69 Å². The molecule has 0 radical (unpaired) electrons. The lowest BCUT2D eigenvalue weighted by Gasteiger charge is -2.32. The smallest absolute Gasteiger partial charge is 0.289 e. The van der Waals surface area contributed by atoms with E-state index in [2.05, 4.69) is 25.2 Å². The molecule has 2 aromatic heterocycles. The van der Waals surface area contributed by atoms with Crippen molar-refractivity contribution in [2.24, 2.45) is 0 Å². The summed E-state index contributed by atoms with van der Waals surface area (Å²) in [4.78, 5) is 27.3. The number of hydrogen-bond donors (Lipinski definition) is 1. The van der Waals surface area contributed by atoms with Crippen LogP contribution in [0.25, 0.3) is 0 Å². The van der Waals surface area contributed by atoms with Gasteiger partial charge in [0.2, 0.25) is 11.7 Å². The summed E-state index contributed by atoms with van der Waals surface area (Å²) in [6, 6.07) is 1.85. The fraction of sp³-hybridized carbons (Fsp3) is 0.500. The summed E-state index contributed by atoms with van der Waals surface area (Å²) < 4.78 is 5.52. The average Bonchev–Trinajstić information content (AvgIpc) is 2.97. The van der Waals surface area contributed by atoms with Crippen molar-refractivity contribution in [3.63, 3.8) is 0 Å². The minimum atomic E-state index is -0.199. The van der Waals surface area contributed by atoms with Gasteiger partial charge in [-0.25, -0.2) is 15.0 Å². The van der Waals surface area contributed by atoms with Crippen LogP contribution in [-0.4, -0.2) is 40.0 Å². The Morgan fingerprint density at radius 1 is 1.43 bits per heavy atom. The van der Waals surface area contributed by atoms with E-state index in [1.807, 2.05) is 6.92 Å². The number of rotatable bonds is 4. The molecule has 7 nitrogen and oxygen atoms in total. The number of carbonyl (C=O) groups excluding carboxylic acids is 1. The number of anilines is 1. The Morgan fingerprint density at radius 2 is 2.22 bits per heavy atom. The molecule has 1 fully saturated rings. The SMILES string of the molecule is CCc1nc(C)c(C(=O)NC2CCCN(c3ncccn3)C2)o1. The molecule has 0 saturated carbocycles. The van der Waals surface area contributed by atoms with Crippen LogP contribution in [0, 0.1) is 6.92 Å². The van der Waals surface area contributed by atoms with Gasteiger partial charge in [0, 0.05) is 37.9 Å². The lowest BCUT2D eigenvalue weighted by Crippen LogP contribution is -2.48. The summed E-state index contributed by atoms with van der Waals surface area (Å²) in [7, 11) is 0. The molecule has 1 aliphatic rings. The van der Waals surface area contributed by atoms with Gasteiger partial charge in [0.15, 0.2) is 5.89 Å². The molecule has 1 saturated heterocycles. The number of amides is 1. The standard InChI is InChI=1S/C16H21N5O2/c1-3-13-19-11(2)14(23-13)15(22)20-12-6-4-9-21(10-12)16-17-7-5-8-18-16/h5,7-8,12H,3-4,6,9-10H2,1-2H3,(H,20,22). The number of piperidine rings is 1. The van der Waals surface area contributed by atoms with E-state index in [1.54, 1.807) is 25.4 Å². The van der Waals surface area contributed by atoms with E-state index >= 15 is 0 Å². The summed E-state index contributed by atoms with van der Waals surface area (Å²) in [5.41, 5.74) is 0.637. The molecule has 23 heavy (non-hydrogen) atoms. The van der Waals surface area contributed by atoms with Crippen LogP contribution in [0.15, 0.2) is 22.9 Å². The van der Waals surface area contributed by atoms with Gasteiger partial charge in [-0.1, -0.05) is 6.92 Å². The van der Waals surface area contributed by atoms with Gasteiger partial charge in [-0.05, 0) is 25.8 Å². The molecule has 0 aromatic carbocycles. The third kappa shape index (κ3) is 3.49. The van der Waals surface area contributed by atoms with Crippen LogP contribution < -0.4 is 10.2 Å². The van der Waals surface area contributed by atoms with E-state index in [9.17, 15) is 4.79 Å². The van der Waals surface area contributed by atoms with Gasteiger partial charge in [-0.3, -0.25) is 4.79 Å². The van der Waals surface area contributed by atoms with Crippen molar-refractivity contribution in [3.8, 4) is 0 Å². The predicted octanol–water partition coefficient (Wildman–Crippen LogP) is 1.73. The zero-order valence-electron chi connectivity index (χ0n) is 13.5. The quantitative estimate of drug-likeness (QED) is 0.925. The average molecular weight is 315 g/mol. The van der Waals surface area contributed by atoms with Crippen LogP contribution in [-0.2, 0) is 6.42 Å². The Labute approximate surface area is 135 Å². The van der Waals surface area contributed by atoms with Gasteiger partial charge < -0.3 is 14.6 Å². The zero-order valence-corrected chi connectivity index (χ0v) is 13.5. The monoisotopic (exact) mass is 315 g/mol. The summed E-state index contributed by atoms with van der Waals surface area (Å²) in [6.45, 7) is 5.34. The number of aromatic nitrogens is 3. The van der Waals surface area contributed by atoms with E-state index in [-0.39, 0.29) is 11.9 Å². The Hall–Kier alpha value is -2.44. The minimum absolute atomic E-state index is 0.0506. The van der Waals surface area contributed by atoms with Crippen molar-refractivity contribution in [1.29, 1.82) is 0 Å². The molecule has 0 aliphatic carbocycles. The zero-order chi connectivity index (χ0) is 16.2. The summed E-state index contributed by atoms with van der Waals surface area (Å²) in [6.07, 6.45) is 6.06. The molecule has 2 aromatic rings. The Kier molecular flexibility index (Phi) is 4.55. The maximum Gasteiger partial charge on any atom is 0.289 e. The summed E-state index contributed by atoms with van der Waals surface area (Å²) in [5, 5.41) is 3.04. The fourth-order valence-electron chi connectivity index (χ4n) is 2.80. The predicted molar refractivity (Wildman–Crippen MR) is 85.4 cm³/mol. The van der Waals surface area contributed by atoms with Crippen LogP contribution in [0.5, 0.6) is 0 Å². The number of oxazole rings is 1. The van der Waals surface area contributed by atoms with Crippen LogP contribution in [0.2, 0.25) is 0 Å². The number of hydrogen-bond acceptors (Lipinski definition) is 6. The van der Waals surface area contributed by atoms with Crippen LogP contribution in [0.1, 0.15) is 41.9 Å². The number of nitrogens with one attached hydrogen (secondary N) is 1. The maximum absolute atomic E-state index is 12.4. The highest BCUT2D eigenvalue weighted by Gasteiger charge is 2.25. The molecule has 1 N–H and O–H groups in total. The van der Waals surface area contributed by atoms with Gasteiger partial charge >= 0.3 is 0 Å². The number of nitrogens with zero attached hydrogens (tertiary/aromatic N) is 4. The van der Waals surface area contributed by atoms with Gasteiger partial charge in [0.25, 0.3) is 5.91 Å². The first kappa shape index (κ1) is 15.5. The second kappa shape index (κ2) is 6.76. The lowest BCUT2D eigenvalue weighted by molar-refractivity contribution is 0.0902. The largest absolute Gasteiger partial charge is 0.435 e. The molecular formula is C16H21N5O2. The molecule has 1 amide bonds. The topological polar surface area (TPSA) is 84.2 Å². The molecular weight excluding hydrogens is 294 g/mol. The van der Waals surface area contributed by atoms with Crippen molar-refractivity contribution < 1.29 is 9.21 Å². The Balaban J connectivity index is 1.65. The second-order valence-electron chi connectivity index (χ2n) is 5.68. The third-order valence-corrected chi connectivity index (χ3v) is 3.94. The highest BCUT2D eigenvalue weighted by atomic mass is 16.4. The highest BCUT2D eigenvalue weighted by molar-refractivity contribution is 5.92. The molecule has 0 spiro atoms. The molecule has 3 rings (SSSR count). The number of carbonyl (C=O) groups is 1. The van der Waals surface area contributed by atoms with E-state index in [0.29, 0.717) is 36.3 Å². The van der Waals surface area contributed by atoms with Crippen molar-refractivity contribution in [3.05, 3.63) is 35.8 Å². The van der Waals surface area contributed by atoms with Crippen molar-refractivity contribution >= 4 is 11.9 Å². The van der Waals surface area contributed by atoms with Crippen molar-refractivity contribution in [2.75, 3.05) is 18.0 Å². The van der Waals surface area contributed by atoms with E-state index in [0.717, 1.165) is 19.4 Å². The minimum Gasteiger partial charge on any atom is -0.435 e. The summed E-state index contributed by atoms with van der Waals surface area (Å²) >= 11 is 0. The molecule has 0 bridgehead atoms. The van der Waals surface area contributed by atoms with Gasteiger partial charge in [0.1, 0.15) is 0 Å². The van der Waals surface area contributed by atoms with Gasteiger partial charge in [-0.15, -0.1) is 0 Å². The van der Waals surface area contributed by atoms with Crippen molar-refractivity contribution in [1.82, 2.24) is 20.3 Å². The van der Waals surface area contributed by atoms with Crippen molar-refractivity contribution in [2.45, 2.75) is 39.2 Å². The molecule has 1 unspecified atom stereocenters. The first-order valence-corrected chi connectivity index (χ1v) is 7.96. The maximum atomic E-state index is 12.4. The molecule has 7 heteroatoms. The normalized spacial score (nSPS) is 18.0. The molecule has 1 aliphatic heterocycles.